The van der Waals surface area contributed by atoms with Gasteiger partial charge in [-0.05, 0) is 44.4 Å². The molecule has 0 saturated heterocycles. The molecule has 0 saturated carbocycles. The largest absolute Gasteiger partial charge is 0.479 e. The van der Waals surface area contributed by atoms with Crippen molar-refractivity contribution in [2.75, 3.05) is 0 Å². The first-order valence-electron chi connectivity index (χ1n) is 7.66. The minimum atomic E-state index is -1.10. The van der Waals surface area contributed by atoms with Crippen LogP contribution in [0.25, 0.3) is 0 Å². The number of carbonyl (C=O) groups excluding carboxylic acids is 1. The molecule has 6 nitrogen and oxygen atoms in total. The first-order chi connectivity index (χ1) is 11.4. The van der Waals surface area contributed by atoms with Crippen LogP contribution >= 0.6 is 11.6 Å². The Morgan fingerprint density at radius 3 is 2.50 bits per heavy atom. The molecule has 1 aromatic carbocycles. The lowest BCUT2D eigenvalue weighted by molar-refractivity contribution is -0.142. The van der Waals surface area contributed by atoms with Crippen molar-refractivity contribution in [1.29, 1.82) is 0 Å². The Kier molecular flexibility index (Phi) is 5.98. The number of hydrogen-bond donors (Lipinski definition) is 3. The van der Waals surface area contributed by atoms with E-state index in [1.54, 1.807) is 13.8 Å². The van der Waals surface area contributed by atoms with Gasteiger partial charge in [0, 0.05) is 22.7 Å². The summed E-state index contributed by atoms with van der Waals surface area (Å²) in [6, 6.07) is 6.35. The summed E-state index contributed by atoms with van der Waals surface area (Å²) < 4.78 is 0. The molecule has 2 rings (SSSR count). The highest BCUT2D eigenvalue weighted by atomic mass is 35.5. The molecular weight excluding hydrogens is 330 g/mol. The van der Waals surface area contributed by atoms with Gasteiger partial charge in [0.2, 0.25) is 5.91 Å². The van der Waals surface area contributed by atoms with E-state index >= 15 is 0 Å². The predicted octanol–water partition coefficient (Wildman–Crippen LogP) is 2.94. The normalized spacial score (nSPS) is 12.0. The molecule has 1 amide bonds. The molecule has 24 heavy (non-hydrogen) atoms. The van der Waals surface area contributed by atoms with Gasteiger partial charge in [0.05, 0.1) is 5.69 Å². The SMILES string of the molecule is Cc1n[nH]c(C)c1[C@@H](NC(=O)CCCc1ccc(Cl)cc1)C(=O)O. The first-order valence-corrected chi connectivity index (χ1v) is 8.04. The summed E-state index contributed by atoms with van der Waals surface area (Å²) in [7, 11) is 0. The van der Waals surface area contributed by atoms with Crippen LogP contribution in [0.2, 0.25) is 5.02 Å². The number of hydrogen-bond acceptors (Lipinski definition) is 3. The summed E-state index contributed by atoms with van der Waals surface area (Å²) in [5, 5.41) is 19.4. The minimum absolute atomic E-state index is 0.252. The molecule has 0 aliphatic heterocycles. The number of amides is 1. The van der Waals surface area contributed by atoms with E-state index in [4.69, 9.17) is 11.6 Å². The van der Waals surface area contributed by atoms with Crippen LogP contribution in [-0.4, -0.2) is 27.2 Å². The van der Waals surface area contributed by atoms with E-state index in [1.807, 2.05) is 24.3 Å². The van der Waals surface area contributed by atoms with E-state index < -0.39 is 12.0 Å². The summed E-state index contributed by atoms with van der Waals surface area (Å²) >= 11 is 5.83. The number of carboxylic acid groups (broad SMARTS) is 1. The maximum absolute atomic E-state index is 12.1. The molecule has 1 aromatic heterocycles. The lowest BCUT2D eigenvalue weighted by atomic mass is 10.0. The second-order valence-electron chi connectivity index (χ2n) is 5.67. The van der Waals surface area contributed by atoms with Crippen LogP contribution < -0.4 is 5.32 Å². The average Bonchev–Trinajstić information content (AvgIpc) is 2.86. The Morgan fingerprint density at radius 1 is 1.29 bits per heavy atom. The molecule has 0 spiro atoms. The fraction of sp³-hybridized carbons (Fsp3) is 0.353. The van der Waals surface area contributed by atoms with Crippen molar-refractivity contribution in [3.05, 3.63) is 51.8 Å². The minimum Gasteiger partial charge on any atom is -0.479 e. The van der Waals surface area contributed by atoms with Crippen LogP contribution in [-0.2, 0) is 16.0 Å². The molecule has 0 unspecified atom stereocenters. The van der Waals surface area contributed by atoms with E-state index in [9.17, 15) is 14.7 Å². The van der Waals surface area contributed by atoms with Crippen LogP contribution in [0, 0.1) is 13.8 Å². The number of aliphatic carboxylic acids is 1. The molecule has 1 heterocycles. The molecule has 0 bridgehead atoms. The molecular formula is C17H20ClN3O3. The summed E-state index contributed by atoms with van der Waals surface area (Å²) in [5.41, 5.74) is 2.81. The Balaban J connectivity index is 1.92. The second-order valence-corrected chi connectivity index (χ2v) is 6.10. The molecule has 2 aromatic rings. The van der Waals surface area contributed by atoms with Crippen LogP contribution in [0.5, 0.6) is 0 Å². The van der Waals surface area contributed by atoms with E-state index in [1.165, 1.54) is 0 Å². The summed E-state index contributed by atoms with van der Waals surface area (Å²) in [6.45, 7) is 3.44. The quantitative estimate of drug-likeness (QED) is 0.716. The number of carboxylic acids is 1. The fourth-order valence-corrected chi connectivity index (χ4v) is 2.71. The fourth-order valence-electron chi connectivity index (χ4n) is 2.58. The Labute approximate surface area is 145 Å². The van der Waals surface area contributed by atoms with Gasteiger partial charge < -0.3 is 10.4 Å². The monoisotopic (exact) mass is 349 g/mol. The molecule has 3 N–H and O–H groups in total. The van der Waals surface area contributed by atoms with E-state index in [0.29, 0.717) is 28.4 Å². The highest BCUT2D eigenvalue weighted by molar-refractivity contribution is 6.30. The van der Waals surface area contributed by atoms with Gasteiger partial charge in [-0.2, -0.15) is 5.10 Å². The lowest BCUT2D eigenvalue weighted by Gasteiger charge is -2.15. The van der Waals surface area contributed by atoms with Crippen molar-refractivity contribution in [3.63, 3.8) is 0 Å². The topological polar surface area (TPSA) is 95.1 Å². The number of aromatic amines is 1. The zero-order valence-electron chi connectivity index (χ0n) is 13.6. The summed E-state index contributed by atoms with van der Waals surface area (Å²) in [4.78, 5) is 23.6. The van der Waals surface area contributed by atoms with Gasteiger partial charge in [0.15, 0.2) is 6.04 Å². The number of H-pyrrole nitrogens is 1. The number of benzene rings is 1. The van der Waals surface area contributed by atoms with Crippen LogP contribution in [0.4, 0.5) is 0 Å². The third kappa shape index (κ3) is 4.58. The van der Waals surface area contributed by atoms with Gasteiger partial charge in [0.25, 0.3) is 0 Å². The standard InChI is InChI=1S/C17H20ClN3O3/c1-10-15(11(2)21-20-10)16(17(23)24)19-14(22)5-3-4-12-6-8-13(18)9-7-12/h6-9,16H,3-5H2,1-2H3,(H,19,22)(H,20,21)(H,23,24)/t16-/m1/s1. The Hall–Kier alpha value is -2.34. The van der Waals surface area contributed by atoms with E-state index in [0.717, 1.165) is 12.0 Å². The molecule has 0 aliphatic carbocycles. The Bertz CT molecular complexity index is 706. The first kappa shape index (κ1) is 18.0. The third-order valence-corrected chi connectivity index (χ3v) is 4.06. The number of halogens is 1. The molecule has 0 radical (unpaired) electrons. The number of aromatic nitrogens is 2. The molecule has 1 atom stereocenters. The van der Waals surface area contributed by atoms with Crippen molar-refractivity contribution in [2.24, 2.45) is 0 Å². The highest BCUT2D eigenvalue weighted by Gasteiger charge is 2.26. The Morgan fingerprint density at radius 2 is 1.96 bits per heavy atom. The van der Waals surface area contributed by atoms with Gasteiger partial charge in [-0.25, -0.2) is 4.79 Å². The van der Waals surface area contributed by atoms with Crippen molar-refractivity contribution >= 4 is 23.5 Å². The molecule has 0 fully saturated rings. The second kappa shape index (κ2) is 7.97. The maximum atomic E-state index is 12.1. The van der Waals surface area contributed by atoms with Crippen LogP contribution in [0.1, 0.15) is 41.4 Å². The predicted molar refractivity (Wildman–Crippen MR) is 91.0 cm³/mol. The number of nitrogens with one attached hydrogen (secondary N) is 2. The van der Waals surface area contributed by atoms with Gasteiger partial charge in [0.1, 0.15) is 0 Å². The summed E-state index contributed by atoms with van der Waals surface area (Å²) in [6.07, 6.45) is 1.61. The van der Waals surface area contributed by atoms with Gasteiger partial charge >= 0.3 is 5.97 Å². The highest BCUT2D eigenvalue weighted by Crippen LogP contribution is 2.20. The van der Waals surface area contributed by atoms with Crippen molar-refractivity contribution < 1.29 is 14.7 Å². The molecule has 7 heteroatoms. The van der Waals surface area contributed by atoms with Crippen molar-refractivity contribution in [2.45, 2.75) is 39.2 Å². The number of nitrogens with zero attached hydrogens (tertiary/aromatic N) is 1. The number of rotatable bonds is 7. The summed E-state index contributed by atoms with van der Waals surface area (Å²) in [5.74, 6) is -1.40. The maximum Gasteiger partial charge on any atom is 0.331 e. The zero-order valence-corrected chi connectivity index (χ0v) is 14.4. The third-order valence-electron chi connectivity index (χ3n) is 3.81. The van der Waals surface area contributed by atoms with Crippen molar-refractivity contribution in [3.8, 4) is 0 Å². The number of carbonyl (C=O) groups is 2. The average molecular weight is 350 g/mol. The van der Waals surface area contributed by atoms with Gasteiger partial charge in [-0.1, -0.05) is 23.7 Å². The van der Waals surface area contributed by atoms with Gasteiger partial charge in [-0.3, -0.25) is 9.89 Å². The number of aryl methyl sites for hydroxylation is 3. The molecule has 0 aliphatic rings. The van der Waals surface area contributed by atoms with Gasteiger partial charge in [-0.15, -0.1) is 0 Å². The van der Waals surface area contributed by atoms with Crippen molar-refractivity contribution in [1.82, 2.24) is 15.5 Å². The van der Waals surface area contributed by atoms with Crippen LogP contribution in [0.3, 0.4) is 0 Å². The van der Waals surface area contributed by atoms with E-state index in [2.05, 4.69) is 15.5 Å². The lowest BCUT2D eigenvalue weighted by Crippen LogP contribution is -2.34. The van der Waals surface area contributed by atoms with E-state index in [-0.39, 0.29) is 12.3 Å². The zero-order chi connectivity index (χ0) is 17.7. The smallest absolute Gasteiger partial charge is 0.331 e. The van der Waals surface area contributed by atoms with Crippen LogP contribution in [0.15, 0.2) is 24.3 Å². The molecule has 128 valence electrons.